The highest BCUT2D eigenvalue weighted by Gasteiger charge is 2.10. The van der Waals surface area contributed by atoms with E-state index in [9.17, 15) is 0 Å². The summed E-state index contributed by atoms with van der Waals surface area (Å²) in [6.07, 6.45) is 2.11. The van der Waals surface area contributed by atoms with Crippen molar-refractivity contribution >= 4 is 17.4 Å². The first-order valence-corrected chi connectivity index (χ1v) is 7.80. The van der Waals surface area contributed by atoms with Crippen LogP contribution in [-0.2, 0) is 0 Å². The van der Waals surface area contributed by atoms with E-state index < -0.39 is 0 Å². The number of hydrogen-bond donors (Lipinski definition) is 1. The zero-order chi connectivity index (χ0) is 12.8. The Morgan fingerprint density at radius 3 is 2.50 bits per heavy atom. The van der Waals surface area contributed by atoms with Crippen molar-refractivity contribution in [1.29, 1.82) is 0 Å². The normalized spacial score (nSPS) is 16.8. The zero-order valence-corrected chi connectivity index (χ0v) is 12.2. The molecule has 2 rings (SSSR count). The number of piperazine rings is 1. The summed E-state index contributed by atoms with van der Waals surface area (Å²) >= 11 is 1.79. The maximum Gasteiger partial charge on any atom is 0.0364 e. The molecule has 4 heteroatoms. The van der Waals surface area contributed by atoms with E-state index in [1.807, 2.05) is 0 Å². The van der Waals surface area contributed by atoms with Crippen molar-refractivity contribution < 1.29 is 0 Å². The van der Waals surface area contributed by atoms with Gasteiger partial charge >= 0.3 is 0 Å². The number of nitrogens with zero attached hydrogens (tertiary/aromatic N) is 2. The van der Waals surface area contributed by atoms with Crippen molar-refractivity contribution in [2.24, 2.45) is 0 Å². The fraction of sp³-hybridized carbons (Fsp3) is 0.571. The molecule has 18 heavy (non-hydrogen) atoms. The SMILES string of the molecule is CSc1ccc(N(C)CCN2CCNCC2)cc1. The summed E-state index contributed by atoms with van der Waals surface area (Å²) in [5, 5.41) is 3.39. The average molecular weight is 265 g/mol. The van der Waals surface area contributed by atoms with E-state index >= 15 is 0 Å². The molecule has 0 aliphatic carbocycles. The van der Waals surface area contributed by atoms with Crippen LogP contribution in [0.15, 0.2) is 29.2 Å². The third kappa shape index (κ3) is 3.90. The summed E-state index contributed by atoms with van der Waals surface area (Å²) in [6, 6.07) is 8.82. The Labute approximate surface area is 115 Å². The molecule has 1 fully saturated rings. The molecule has 0 saturated carbocycles. The quantitative estimate of drug-likeness (QED) is 0.817. The average Bonchev–Trinajstić information content (AvgIpc) is 2.46. The van der Waals surface area contributed by atoms with Gasteiger partial charge in [0.05, 0.1) is 0 Å². The molecule has 0 spiro atoms. The van der Waals surface area contributed by atoms with Crippen LogP contribution in [0.25, 0.3) is 0 Å². The second-order valence-electron chi connectivity index (χ2n) is 4.71. The Morgan fingerprint density at radius 1 is 1.22 bits per heavy atom. The molecule has 1 aliphatic heterocycles. The van der Waals surface area contributed by atoms with Crippen LogP contribution in [0.3, 0.4) is 0 Å². The van der Waals surface area contributed by atoms with E-state index in [0.717, 1.165) is 26.2 Å². The molecule has 1 saturated heterocycles. The van der Waals surface area contributed by atoms with Gasteiger partial charge in [0.1, 0.15) is 0 Å². The van der Waals surface area contributed by atoms with Crippen molar-refractivity contribution in [3.63, 3.8) is 0 Å². The van der Waals surface area contributed by atoms with Gasteiger partial charge in [-0.15, -0.1) is 11.8 Å². The van der Waals surface area contributed by atoms with Crippen LogP contribution in [0.5, 0.6) is 0 Å². The second-order valence-corrected chi connectivity index (χ2v) is 5.59. The maximum absolute atomic E-state index is 3.39. The highest BCUT2D eigenvalue weighted by Crippen LogP contribution is 2.19. The van der Waals surface area contributed by atoms with E-state index in [-0.39, 0.29) is 0 Å². The van der Waals surface area contributed by atoms with Gasteiger partial charge in [0.15, 0.2) is 0 Å². The molecule has 1 aromatic rings. The fourth-order valence-electron chi connectivity index (χ4n) is 2.19. The lowest BCUT2D eigenvalue weighted by molar-refractivity contribution is 0.246. The van der Waals surface area contributed by atoms with E-state index in [0.29, 0.717) is 0 Å². The standard InChI is InChI=1S/C14H23N3S/c1-16(11-12-17-9-7-15-8-10-17)13-3-5-14(18-2)6-4-13/h3-6,15H,7-12H2,1-2H3. The Hall–Kier alpha value is -0.710. The largest absolute Gasteiger partial charge is 0.373 e. The molecule has 0 atom stereocenters. The molecule has 0 unspecified atom stereocenters. The van der Waals surface area contributed by atoms with Crippen molar-refractivity contribution in [3.8, 4) is 0 Å². The topological polar surface area (TPSA) is 18.5 Å². The molecular formula is C14H23N3S. The molecule has 1 aromatic carbocycles. The Bertz CT molecular complexity index is 347. The van der Waals surface area contributed by atoms with Gasteiger partial charge in [-0.3, -0.25) is 4.90 Å². The Morgan fingerprint density at radius 2 is 1.89 bits per heavy atom. The number of likely N-dealkylation sites (N-methyl/N-ethyl adjacent to an activating group) is 1. The molecule has 1 N–H and O–H groups in total. The Balaban J connectivity index is 1.80. The van der Waals surface area contributed by atoms with E-state index in [1.165, 1.54) is 23.7 Å². The number of anilines is 1. The van der Waals surface area contributed by atoms with Crippen LogP contribution in [0.4, 0.5) is 5.69 Å². The van der Waals surface area contributed by atoms with Crippen LogP contribution in [0, 0.1) is 0 Å². The monoisotopic (exact) mass is 265 g/mol. The van der Waals surface area contributed by atoms with Gasteiger partial charge in [0.2, 0.25) is 0 Å². The van der Waals surface area contributed by atoms with Crippen LogP contribution >= 0.6 is 11.8 Å². The van der Waals surface area contributed by atoms with Gasteiger partial charge in [-0.2, -0.15) is 0 Å². The summed E-state index contributed by atoms with van der Waals surface area (Å²) in [6.45, 7) is 6.87. The van der Waals surface area contributed by atoms with Crippen molar-refractivity contribution in [2.45, 2.75) is 4.90 Å². The number of hydrogen-bond acceptors (Lipinski definition) is 4. The predicted octanol–water partition coefficient (Wildman–Crippen LogP) is 1.75. The van der Waals surface area contributed by atoms with Crippen LogP contribution in [0.1, 0.15) is 0 Å². The maximum atomic E-state index is 3.39. The lowest BCUT2D eigenvalue weighted by Crippen LogP contribution is -2.46. The second kappa shape index (κ2) is 7.02. The number of thioether (sulfide) groups is 1. The predicted molar refractivity (Wildman–Crippen MR) is 80.8 cm³/mol. The summed E-state index contributed by atoms with van der Waals surface area (Å²) in [4.78, 5) is 6.20. The van der Waals surface area contributed by atoms with Gasteiger partial charge in [-0.1, -0.05) is 0 Å². The minimum atomic E-state index is 1.10. The first-order valence-electron chi connectivity index (χ1n) is 6.58. The van der Waals surface area contributed by atoms with Crippen molar-refractivity contribution in [1.82, 2.24) is 10.2 Å². The first-order chi connectivity index (χ1) is 8.79. The third-order valence-electron chi connectivity index (χ3n) is 3.47. The summed E-state index contributed by atoms with van der Waals surface area (Å²) in [5.41, 5.74) is 1.31. The number of benzene rings is 1. The zero-order valence-electron chi connectivity index (χ0n) is 11.4. The van der Waals surface area contributed by atoms with E-state index in [1.54, 1.807) is 11.8 Å². The number of nitrogens with one attached hydrogen (secondary N) is 1. The van der Waals surface area contributed by atoms with Gasteiger partial charge in [0.25, 0.3) is 0 Å². The van der Waals surface area contributed by atoms with E-state index in [2.05, 4.69) is 52.7 Å². The van der Waals surface area contributed by atoms with Crippen molar-refractivity contribution in [2.75, 3.05) is 57.5 Å². The van der Waals surface area contributed by atoms with Gasteiger partial charge < -0.3 is 10.2 Å². The van der Waals surface area contributed by atoms with Crippen LogP contribution < -0.4 is 10.2 Å². The van der Waals surface area contributed by atoms with Crippen molar-refractivity contribution in [3.05, 3.63) is 24.3 Å². The summed E-state index contributed by atoms with van der Waals surface area (Å²) in [5.74, 6) is 0. The first kappa shape index (κ1) is 13.7. The highest BCUT2D eigenvalue weighted by molar-refractivity contribution is 7.98. The molecule has 0 bridgehead atoms. The van der Waals surface area contributed by atoms with Crippen LogP contribution in [-0.4, -0.2) is 57.5 Å². The summed E-state index contributed by atoms with van der Waals surface area (Å²) < 4.78 is 0. The van der Waals surface area contributed by atoms with Crippen LogP contribution in [0.2, 0.25) is 0 Å². The number of rotatable bonds is 5. The van der Waals surface area contributed by atoms with Gasteiger partial charge in [-0.05, 0) is 30.5 Å². The van der Waals surface area contributed by atoms with E-state index in [4.69, 9.17) is 0 Å². The molecule has 1 heterocycles. The minimum Gasteiger partial charge on any atom is -0.373 e. The molecule has 0 radical (unpaired) electrons. The molecule has 3 nitrogen and oxygen atoms in total. The van der Waals surface area contributed by atoms with Gasteiger partial charge in [-0.25, -0.2) is 0 Å². The molecule has 0 amide bonds. The highest BCUT2D eigenvalue weighted by atomic mass is 32.2. The summed E-state index contributed by atoms with van der Waals surface area (Å²) in [7, 11) is 2.18. The third-order valence-corrected chi connectivity index (χ3v) is 4.22. The Kier molecular flexibility index (Phi) is 5.35. The lowest BCUT2D eigenvalue weighted by Gasteiger charge is -2.29. The molecular weight excluding hydrogens is 242 g/mol. The fourth-order valence-corrected chi connectivity index (χ4v) is 2.60. The smallest absolute Gasteiger partial charge is 0.0364 e. The molecule has 1 aliphatic rings. The lowest BCUT2D eigenvalue weighted by atomic mass is 10.3. The van der Waals surface area contributed by atoms with Gasteiger partial charge in [0, 0.05) is 56.9 Å². The minimum absolute atomic E-state index is 1.10. The molecule has 0 aromatic heterocycles. The molecule has 100 valence electrons.